The monoisotopic (exact) mass is 425 g/mol. The van der Waals surface area contributed by atoms with Gasteiger partial charge in [0, 0.05) is 54.9 Å². The van der Waals surface area contributed by atoms with Crippen LogP contribution in [0.25, 0.3) is 0 Å². The normalized spacial score (nSPS) is 21.2. The van der Waals surface area contributed by atoms with E-state index in [1.54, 1.807) is 24.3 Å². The van der Waals surface area contributed by atoms with Crippen molar-refractivity contribution >= 4 is 23.4 Å². The average molecular weight is 426 g/mol. The molecule has 30 heavy (non-hydrogen) atoms. The first-order valence-electron chi connectivity index (χ1n) is 10.5. The zero-order valence-electron chi connectivity index (χ0n) is 17.6. The second kappa shape index (κ2) is 8.40. The lowest BCUT2D eigenvalue weighted by atomic mass is 9.92. The van der Waals surface area contributed by atoms with Crippen LogP contribution >= 0.6 is 11.6 Å². The smallest absolute Gasteiger partial charge is 0.253 e. The third-order valence-corrected chi connectivity index (χ3v) is 6.45. The highest BCUT2D eigenvalue weighted by Crippen LogP contribution is 2.29. The van der Waals surface area contributed by atoms with E-state index in [0.29, 0.717) is 36.6 Å². The summed E-state index contributed by atoms with van der Waals surface area (Å²) in [7, 11) is 0. The molecule has 2 aliphatic heterocycles. The van der Waals surface area contributed by atoms with Gasteiger partial charge in [-0.25, -0.2) is 0 Å². The van der Waals surface area contributed by atoms with Crippen LogP contribution in [0, 0.1) is 0 Å². The van der Waals surface area contributed by atoms with Gasteiger partial charge in [-0.1, -0.05) is 41.9 Å². The molecule has 0 radical (unpaired) electrons. The van der Waals surface area contributed by atoms with Gasteiger partial charge in [0.2, 0.25) is 5.91 Å². The van der Waals surface area contributed by atoms with Crippen LogP contribution in [0.2, 0.25) is 5.02 Å². The number of carbonyl (C=O) groups excluding carboxylic acids is 2. The molecule has 2 amide bonds. The molecule has 2 aromatic rings. The van der Waals surface area contributed by atoms with Gasteiger partial charge in [-0.2, -0.15) is 0 Å². The van der Waals surface area contributed by atoms with Crippen molar-refractivity contribution in [2.24, 2.45) is 0 Å². The summed E-state index contributed by atoms with van der Waals surface area (Å²) < 4.78 is 0. The number of halogens is 1. The van der Waals surface area contributed by atoms with Crippen molar-refractivity contribution in [1.82, 2.24) is 14.7 Å². The average Bonchev–Trinajstić information content (AvgIpc) is 2.73. The first-order valence-corrected chi connectivity index (χ1v) is 10.8. The Morgan fingerprint density at radius 3 is 2.33 bits per heavy atom. The lowest BCUT2D eigenvalue weighted by Gasteiger charge is -2.55. The summed E-state index contributed by atoms with van der Waals surface area (Å²) in [5, 5.41) is 0.622. The molecule has 4 rings (SSSR count). The zero-order chi connectivity index (χ0) is 21.3. The van der Waals surface area contributed by atoms with Gasteiger partial charge in [-0.05, 0) is 43.7 Å². The predicted molar refractivity (Wildman–Crippen MR) is 119 cm³/mol. The van der Waals surface area contributed by atoms with Crippen LogP contribution in [0.4, 0.5) is 0 Å². The fourth-order valence-electron chi connectivity index (χ4n) is 4.72. The van der Waals surface area contributed by atoms with E-state index in [-0.39, 0.29) is 23.4 Å². The maximum Gasteiger partial charge on any atom is 0.253 e. The molecular formula is C24H28ClN3O2. The maximum atomic E-state index is 13.1. The van der Waals surface area contributed by atoms with Crippen LogP contribution in [0.5, 0.6) is 0 Å². The van der Waals surface area contributed by atoms with Crippen molar-refractivity contribution in [3.05, 3.63) is 70.7 Å². The van der Waals surface area contributed by atoms with Gasteiger partial charge in [0.25, 0.3) is 5.91 Å². The van der Waals surface area contributed by atoms with Gasteiger partial charge < -0.3 is 9.80 Å². The molecule has 0 aromatic heterocycles. The molecule has 2 aliphatic rings. The lowest BCUT2D eigenvalue weighted by molar-refractivity contribution is -0.137. The van der Waals surface area contributed by atoms with Crippen LogP contribution in [0.1, 0.15) is 29.8 Å². The Kier molecular flexibility index (Phi) is 5.85. The number of benzene rings is 2. The van der Waals surface area contributed by atoms with Crippen LogP contribution in [-0.2, 0) is 11.2 Å². The first-order chi connectivity index (χ1) is 14.3. The van der Waals surface area contributed by atoms with E-state index in [9.17, 15) is 9.59 Å². The fraction of sp³-hybridized carbons (Fsp3) is 0.417. The number of piperazine rings is 2. The lowest BCUT2D eigenvalue weighted by Crippen LogP contribution is -2.70. The summed E-state index contributed by atoms with van der Waals surface area (Å²) >= 11 is 5.97. The Morgan fingerprint density at radius 1 is 0.967 bits per heavy atom. The SMILES string of the molecule is CC1(C)CN(C(=O)c2ccc(Cl)cc2)CC2CN(C(=O)Cc3ccccc3)CCN21. The largest absolute Gasteiger partial charge is 0.339 e. The first kappa shape index (κ1) is 20.9. The van der Waals surface area contributed by atoms with Crippen molar-refractivity contribution in [2.75, 3.05) is 32.7 Å². The maximum absolute atomic E-state index is 13.1. The Bertz CT molecular complexity index is 914. The molecule has 1 atom stereocenters. The van der Waals surface area contributed by atoms with Gasteiger partial charge in [0.05, 0.1) is 6.42 Å². The molecule has 2 heterocycles. The predicted octanol–water partition coefficient (Wildman–Crippen LogP) is 3.33. The molecule has 0 spiro atoms. The minimum absolute atomic E-state index is 0.0205. The number of carbonyl (C=O) groups is 2. The zero-order valence-corrected chi connectivity index (χ0v) is 18.3. The van der Waals surface area contributed by atoms with Gasteiger partial charge >= 0.3 is 0 Å². The number of amides is 2. The summed E-state index contributed by atoms with van der Waals surface area (Å²) in [6, 6.07) is 17.1. The molecular weight excluding hydrogens is 398 g/mol. The van der Waals surface area contributed by atoms with Crippen LogP contribution in [0.3, 0.4) is 0 Å². The van der Waals surface area contributed by atoms with Crippen molar-refractivity contribution < 1.29 is 9.59 Å². The highest BCUT2D eigenvalue weighted by Gasteiger charge is 2.44. The van der Waals surface area contributed by atoms with Crippen LogP contribution in [-0.4, -0.2) is 70.8 Å². The van der Waals surface area contributed by atoms with E-state index in [0.717, 1.165) is 18.7 Å². The molecule has 0 bridgehead atoms. The molecule has 2 aromatic carbocycles. The number of hydrogen-bond acceptors (Lipinski definition) is 3. The standard InChI is InChI=1S/C24H28ClN3O2/c1-24(2)17-27(23(30)19-8-10-20(25)11-9-19)16-21-15-26(12-13-28(21)24)22(29)14-18-6-4-3-5-7-18/h3-11,21H,12-17H2,1-2H3. The van der Waals surface area contributed by atoms with E-state index < -0.39 is 0 Å². The molecule has 0 saturated carbocycles. The molecule has 6 heteroatoms. The molecule has 2 fully saturated rings. The minimum Gasteiger partial charge on any atom is -0.339 e. The molecule has 158 valence electrons. The molecule has 0 aliphatic carbocycles. The fourth-order valence-corrected chi connectivity index (χ4v) is 4.85. The third kappa shape index (κ3) is 4.37. The molecule has 5 nitrogen and oxygen atoms in total. The Hall–Kier alpha value is -2.37. The Balaban J connectivity index is 1.47. The highest BCUT2D eigenvalue weighted by atomic mass is 35.5. The summed E-state index contributed by atoms with van der Waals surface area (Å²) in [6.07, 6.45) is 0.421. The molecule has 1 unspecified atom stereocenters. The van der Waals surface area contributed by atoms with Gasteiger partial charge in [0.15, 0.2) is 0 Å². The van der Waals surface area contributed by atoms with Crippen molar-refractivity contribution in [3.63, 3.8) is 0 Å². The second-order valence-electron chi connectivity index (χ2n) is 8.85. The Labute approximate surface area is 183 Å². The van der Waals surface area contributed by atoms with Gasteiger partial charge in [-0.15, -0.1) is 0 Å². The summed E-state index contributed by atoms with van der Waals surface area (Å²) in [4.78, 5) is 32.3. The van der Waals surface area contributed by atoms with Crippen LogP contribution in [0.15, 0.2) is 54.6 Å². The summed E-state index contributed by atoms with van der Waals surface area (Å²) in [5.41, 5.74) is 1.55. The highest BCUT2D eigenvalue weighted by molar-refractivity contribution is 6.30. The Morgan fingerprint density at radius 2 is 1.63 bits per heavy atom. The third-order valence-electron chi connectivity index (χ3n) is 6.20. The summed E-state index contributed by atoms with van der Waals surface area (Å²) in [6.45, 7) is 7.88. The van der Waals surface area contributed by atoms with E-state index >= 15 is 0 Å². The minimum atomic E-state index is -0.139. The van der Waals surface area contributed by atoms with Gasteiger partial charge in [0.1, 0.15) is 0 Å². The number of fused-ring (bicyclic) bond motifs is 1. The van der Waals surface area contributed by atoms with E-state index in [4.69, 9.17) is 11.6 Å². The topological polar surface area (TPSA) is 43.9 Å². The van der Waals surface area contributed by atoms with Gasteiger partial charge in [-0.3, -0.25) is 14.5 Å². The van der Waals surface area contributed by atoms with Crippen molar-refractivity contribution in [3.8, 4) is 0 Å². The quantitative estimate of drug-likeness (QED) is 0.757. The van der Waals surface area contributed by atoms with Crippen molar-refractivity contribution in [1.29, 1.82) is 0 Å². The second-order valence-corrected chi connectivity index (χ2v) is 9.29. The van der Waals surface area contributed by atoms with Crippen LogP contribution < -0.4 is 0 Å². The molecule has 2 saturated heterocycles. The number of nitrogens with zero attached hydrogens (tertiary/aromatic N) is 3. The van der Waals surface area contributed by atoms with E-state index in [1.807, 2.05) is 40.1 Å². The van der Waals surface area contributed by atoms with E-state index in [2.05, 4.69) is 18.7 Å². The summed E-state index contributed by atoms with van der Waals surface area (Å²) in [5.74, 6) is 0.173. The molecule has 0 N–H and O–H groups in total. The van der Waals surface area contributed by atoms with Crippen molar-refractivity contribution in [2.45, 2.75) is 31.8 Å². The van der Waals surface area contributed by atoms with E-state index in [1.165, 1.54) is 0 Å². The number of hydrogen-bond donors (Lipinski definition) is 0. The number of rotatable bonds is 3.